The molecular formula is C21H25N3O6S. The summed E-state index contributed by atoms with van der Waals surface area (Å²) in [4.78, 5) is 24.1. The van der Waals surface area contributed by atoms with Crippen LogP contribution < -0.4 is 20.1 Å². The molecule has 1 heterocycles. The van der Waals surface area contributed by atoms with Gasteiger partial charge in [0.1, 0.15) is 6.04 Å². The van der Waals surface area contributed by atoms with Gasteiger partial charge in [-0.1, -0.05) is 0 Å². The summed E-state index contributed by atoms with van der Waals surface area (Å²) >= 11 is 0. The largest absolute Gasteiger partial charge is 0.493 e. The zero-order valence-electron chi connectivity index (χ0n) is 17.5. The number of hydrogen-bond acceptors (Lipinski definition) is 6. The highest BCUT2D eigenvalue weighted by atomic mass is 32.2. The van der Waals surface area contributed by atoms with E-state index in [9.17, 15) is 18.0 Å². The van der Waals surface area contributed by atoms with E-state index in [2.05, 4.69) is 10.6 Å². The van der Waals surface area contributed by atoms with Gasteiger partial charge in [-0.05, 0) is 49.2 Å². The number of carbonyl (C=O) groups is 2. The van der Waals surface area contributed by atoms with E-state index in [1.807, 2.05) is 0 Å². The third kappa shape index (κ3) is 4.97. The van der Waals surface area contributed by atoms with Crippen molar-refractivity contribution in [3.05, 3.63) is 42.5 Å². The molecule has 1 atom stereocenters. The molecule has 0 spiro atoms. The van der Waals surface area contributed by atoms with Crippen molar-refractivity contribution in [2.24, 2.45) is 0 Å². The molecule has 166 valence electrons. The second-order valence-corrected chi connectivity index (χ2v) is 8.93. The molecule has 2 amide bonds. The summed E-state index contributed by atoms with van der Waals surface area (Å²) in [5.74, 6) is 0.314. The van der Waals surface area contributed by atoms with E-state index in [-0.39, 0.29) is 17.3 Å². The van der Waals surface area contributed by atoms with Gasteiger partial charge in [0, 0.05) is 30.9 Å². The summed E-state index contributed by atoms with van der Waals surface area (Å²) in [7, 11) is -0.873. The molecular weight excluding hydrogens is 422 g/mol. The number of methoxy groups -OCH3 is 2. The Labute approximate surface area is 181 Å². The number of anilines is 2. The summed E-state index contributed by atoms with van der Waals surface area (Å²) in [6.07, 6.45) is 0.996. The minimum absolute atomic E-state index is 0.0624. The van der Waals surface area contributed by atoms with Gasteiger partial charge >= 0.3 is 0 Å². The summed E-state index contributed by atoms with van der Waals surface area (Å²) in [6.45, 7) is 1.62. The van der Waals surface area contributed by atoms with E-state index < -0.39 is 22.0 Å². The normalized spacial score (nSPS) is 16.5. The number of nitrogens with zero attached hydrogens (tertiary/aromatic N) is 1. The van der Waals surface area contributed by atoms with Gasteiger partial charge in [-0.25, -0.2) is 8.42 Å². The van der Waals surface area contributed by atoms with Crippen LogP contribution in [0.2, 0.25) is 0 Å². The first-order valence-electron chi connectivity index (χ1n) is 9.68. The number of amides is 2. The predicted molar refractivity (Wildman–Crippen MR) is 116 cm³/mol. The first-order chi connectivity index (χ1) is 14.8. The van der Waals surface area contributed by atoms with E-state index in [1.54, 1.807) is 18.2 Å². The second kappa shape index (κ2) is 9.36. The van der Waals surface area contributed by atoms with Crippen LogP contribution in [-0.2, 0) is 19.6 Å². The molecule has 1 saturated heterocycles. The standard InChI is InChI=1S/C21H25N3O6S/c1-14(25)22-15-6-9-17(10-7-15)31(27,28)24-12-4-5-18(24)21(26)23-16-8-11-19(29-2)20(13-16)30-3/h6-11,13,18H,4-5,12H2,1-3H3,(H,22,25)(H,23,26)/t18-/m1/s1. The number of carbonyl (C=O) groups excluding carboxylic acids is 2. The summed E-state index contributed by atoms with van der Waals surface area (Å²) in [5, 5.41) is 5.36. The number of rotatable bonds is 7. The van der Waals surface area contributed by atoms with Crippen molar-refractivity contribution in [1.82, 2.24) is 4.31 Å². The zero-order chi connectivity index (χ0) is 22.6. The molecule has 1 aliphatic heterocycles. The predicted octanol–water partition coefficient (Wildman–Crippen LogP) is 2.45. The number of ether oxygens (including phenoxy) is 2. The molecule has 1 fully saturated rings. The van der Waals surface area contributed by atoms with Crippen molar-refractivity contribution in [3.8, 4) is 11.5 Å². The number of benzene rings is 2. The van der Waals surface area contributed by atoms with Crippen molar-refractivity contribution in [2.45, 2.75) is 30.7 Å². The van der Waals surface area contributed by atoms with Crippen LogP contribution in [0.25, 0.3) is 0 Å². The van der Waals surface area contributed by atoms with Crippen LogP contribution in [0, 0.1) is 0 Å². The Morgan fingerprint density at radius 2 is 1.61 bits per heavy atom. The molecule has 0 unspecified atom stereocenters. The summed E-state index contributed by atoms with van der Waals surface area (Å²) < 4.78 is 37.9. The van der Waals surface area contributed by atoms with E-state index >= 15 is 0 Å². The Morgan fingerprint density at radius 1 is 0.968 bits per heavy atom. The molecule has 0 bridgehead atoms. The maximum atomic E-state index is 13.1. The molecule has 0 aliphatic carbocycles. The molecule has 0 radical (unpaired) electrons. The fraction of sp³-hybridized carbons (Fsp3) is 0.333. The van der Waals surface area contributed by atoms with E-state index in [0.29, 0.717) is 35.7 Å². The quantitative estimate of drug-likeness (QED) is 0.674. The maximum absolute atomic E-state index is 13.1. The van der Waals surface area contributed by atoms with Crippen molar-refractivity contribution in [1.29, 1.82) is 0 Å². The first kappa shape index (κ1) is 22.6. The molecule has 2 aromatic carbocycles. The van der Waals surface area contributed by atoms with Crippen molar-refractivity contribution < 1.29 is 27.5 Å². The topological polar surface area (TPSA) is 114 Å². The van der Waals surface area contributed by atoms with Gasteiger partial charge in [0.2, 0.25) is 21.8 Å². The van der Waals surface area contributed by atoms with Crippen LogP contribution in [0.5, 0.6) is 11.5 Å². The maximum Gasteiger partial charge on any atom is 0.243 e. The van der Waals surface area contributed by atoms with Crippen LogP contribution in [0.4, 0.5) is 11.4 Å². The van der Waals surface area contributed by atoms with Crippen molar-refractivity contribution >= 4 is 33.2 Å². The number of hydrogen-bond donors (Lipinski definition) is 2. The molecule has 9 nitrogen and oxygen atoms in total. The number of sulfonamides is 1. The Morgan fingerprint density at radius 3 is 2.23 bits per heavy atom. The molecule has 10 heteroatoms. The molecule has 3 rings (SSSR count). The number of nitrogens with one attached hydrogen (secondary N) is 2. The summed E-state index contributed by atoms with van der Waals surface area (Å²) in [6, 6.07) is 9.98. The molecule has 0 saturated carbocycles. The zero-order valence-corrected chi connectivity index (χ0v) is 18.4. The fourth-order valence-electron chi connectivity index (χ4n) is 3.48. The monoisotopic (exact) mass is 447 g/mol. The van der Waals surface area contributed by atoms with Crippen LogP contribution in [-0.4, -0.2) is 51.3 Å². The Hall–Kier alpha value is -3.11. The third-order valence-corrected chi connectivity index (χ3v) is 6.86. The van der Waals surface area contributed by atoms with Crippen LogP contribution in [0.1, 0.15) is 19.8 Å². The fourth-order valence-corrected chi connectivity index (χ4v) is 5.13. The van der Waals surface area contributed by atoms with Gasteiger partial charge in [0.25, 0.3) is 0 Å². The van der Waals surface area contributed by atoms with Gasteiger partial charge in [0.05, 0.1) is 19.1 Å². The van der Waals surface area contributed by atoms with Crippen LogP contribution in [0.3, 0.4) is 0 Å². The molecule has 1 aliphatic rings. The lowest BCUT2D eigenvalue weighted by molar-refractivity contribution is -0.119. The lowest BCUT2D eigenvalue weighted by Crippen LogP contribution is -2.43. The first-order valence-corrected chi connectivity index (χ1v) is 11.1. The lowest BCUT2D eigenvalue weighted by atomic mass is 10.2. The van der Waals surface area contributed by atoms with Crippen LogP contribution >= 0.6 is 0 Å². The van der Waals surface area contributed by atoms with Crippen LogP contribution in [0.15, 0.2) is 47.4 Å². The van der Waals surface area contributed by atoms with Gasteiger partial charge in [-0.2, -0.15) is 4.31 Å². The summed E-state index contributed by atoms with van der Waals surface area (Å²) in [5.41, 5.74) is 0.974. The molecule has 31 heavy (non-hydrogen) atoms. The third-order valence-electron chi connectivity index (χ3n) is 4.94. The minimum Gasteiger partial charge on any atom is -0.493 e. The van der Waals surface area contributed by atoms with Gasteiger partial charge in [-0.3, -0.25) is 9.59 Å². The highest BCUT2D eigenvalue weighted by Gasteiger charge is 2.39. The van der Waals surface area contributed by atoms with E-state index in [0.717, 1.165) is 0 Å². The molecule has 2 N–H and O–H groups in total. The highest BCUT2D eigenvalue weighted by Crippen LogP contribution is 2.31. The highest BCUT2D eigenvalue weighted by molar-refractivity contribution is 7.89. The molecule has 0 aromatic heterocycles. The van der Waals surface area contributed by atoms with Crippen molar-refractivity contribution in [3.63, 3.8) is 0 Å². The van der Waals surface area contributed by atoms with Gasteiger partial charge < -0.3 is 20.1 Å². The van der Waals surface area contributed by atoms with Gasteiger partial charge in [-0.15, -0.1) is 0 Å². The average molecular weight is 448 g/mol. The Balaban J connectivity index is 1.78. The SMILES string of the molecule is COc1ccc(NC(=O)[C@H]2CCCN2S(=O)(=O)c2ccc(NC(C)=O)cc2)cc1OC. The smallest absolute Gasteiger partial charge is 0.243 e. The van der Waals surface area contributed by atoms with Gasteiger partial charge in [0.15, 0.2) is 11.5 Å². The minimum atomic E-state index is -3.88. The second-order valence-electron chi connectivity index (χ2n) is 7.04. The average Bonchev–Trinajstić information content (AvgIpc) is 3.24. The van der Waals surface area contributed by atoms with Crippen molar-refractivity contribution in [2.75, 3.05) is 31.4 Å². The van der Waals surface area contributed by atoms with E-state index in [1.165, 1.54) is 49.7 Å². The Kier molecular flexibility index (Phi) is 6.81. The lowest BCUT2D eigenvalue weighted by Gasteiger charge is -2.23. The Bertz CT molecular complexity index is 1070. The molecule has 2 aromatic rings. The van der Waals surface area contributed by atoms with E-state index in [4.69, 9.17) is 9.47 Å².